The highest BCUT2D eigenvalue weighted by Crippen LogP contribution is 2.29. The van der Waals surface area contributed by atoms with Crippen LogP contribution in [0.15, 0.2) is 24.2 Å². The third kappa shape index (κ3) is 4.62. The van der Waals surface area contributed by atoms with Crippen LogP contribution in [-0.4, -0.2) is 37.5 Å². The van der Waals surface area contributed by atoms with Crippen molar-refractivity contribution in [2.45, 2.75) is 44.8 Å². The van der Waals surface area contributed by atoms with Crippen molar-refractivity contribution in [3.05, 3.63) is 24.2 Å². The van der Waals surface area contributed by atoms with Gasteiger partial charge in [0.25, 0.3) is 0 Å². The molecule has 0 radical (unpaired) electrons. The lowest BCUT2D eigenvalue weighted by Gasteiger charge is -2.35. The van der Waals surface area contributed by atoms with Gasteiger partial charge in [0.1, 0.15) is 5.82 Å². The molecule has 5 N–H and O–H groups in total. The molecule has 0 aromatic heterocycles. The Hall–Kier alpha value is -1.24. The van der Waals surface area contributed by atoms with Gasteiger partial charge in [-0.3, -0.25) is 10.3 Å². The molecule has 1 heterocycles. The fourth-order valence-electron chi connectivity index (χ4n) is 2.99. The smallest absolute Gasteiger partial charge is 0.109 e. The molecule has 0 aromatic rings. The number of hydrazine groups is 1. The molecule has 6 nitrogen and oxygen atoms in total. The Morgan fingerprint density at radius 1 is 1.52 bits per heavy atom. The molecule has 1 aliphatic carbocycles. The molecule has 6 heteroatoms. The SMILES string of the molecule is C=C1NCNC(N)CC(C2CCC=C(OCC)C2)NN1C. The Kier molecular flexibility index (Phi) is 5.90. The predicted molar refractivity (Wildman–Crippen MR) is 84.6 cm³/mol. The zero-order valence-corrected chi connectivity index (χ0v) is 13.2. The zero-order chi connectivity index (χ0) is 15.2. The molecule has 0 spiro atoms. The summed E-state index contributed by atoms with van der Waals surface area (Å²) in [7, 11) is 1.99. The summed E-state index contributed by atoms with van der Waals surface area (Å²) >= 11 is 0. The van der Waals surface area contributed by atoms with Crippen LogP contribution >= 0.6 is 0 Å². The number of hydrogen-bond donors (Lipinski definition) is 4. The quantitative estimate of drug-likeness (QED) is 0.617. The van der Waals surface area contributed by atoms with Crippen molar-refractivity contribution < 1.29 is 4.74 Å². The van der Waals surface area contributed by atoms with Gasteiger partial charge >= 0.3 is 0 Å². The van der Waals surface area contributed by atoms with Gasteiger partial charge in [-0.2, -0.15) is 0 Å². The van der Waals surface area contributed by atoms with E-state index in [4.69, 9.17) is 10.5 Å². The van der Waals surface area contributed by atoms with E-state index >= 15 is 0 Å². The van der Waals surface area contributed by atoms with E-state index in [2.05, 4.69) is 28.7 Å². The molecule has 0 bridgehead atoms. The Labute approximate surface area is 127 Å². The fraction of sp³-hybridized carbons (Fsp3) is 0.733. The van der Waals surface area contributed by atoms with Crippen molar-refractivity contribution in [1.29, 1.82) is 0 Å². The van der Waals surface area contributed by atoms with E-state index in [1.165, 1.54) is 0 Å². The first-order chi connectivity index (χ1) is 10.1. The summed E-state index contributed by atoms with van der Waals surface area (Å²) in [6, 6.07) is 0.304. The lowest BCUT2D eigenvalue weighted by molar-refractivity contribution is 0.144. The maximum Gasteiger partial charge on any atom is 0.109 e. The van der Waals surface area contributed by atoms with Crippen LogP contribution in [0.5, 0.6) is 0 Å². The van der Waals surface area contributed by atoms with Gasteiger partial charge in [-0.05, 0) is 38.2 Å². The topological polar surface area (TPSA) is 74.6 Å². The largest absolute Gasteiger partial charge is 0.499 e. The molecule has 2 aliphatic rings. The monoisotopic (exact) mass is 295 g/mol. The summed E-state index contributed by atoms with van der Waals surface area (Å²) in [6.45, 7) is 7.42. The van der Waals surface area contributed by atoms with E-state index in [0.29, 0.717) is 18.6 Å². The standard InChI is InChI=1S/C15H29N5O/c1-4-21-13-7-5-6-12(8-13)14-9-15(16)18-10-17-11(2)20(3)19-14/h7,12,14-15,17-19H,2,4-6,8-10,16H2,1,3H3. The van der Waals surface area contributed by atoms with Crippen LogP contribution < -0.4 is 21.8 Å². The van der Waals surface area contributed by atoms with Crippen LogP contribution in [0.3, 0.4) is 0 Å². The van der Waals surface area contributed by atoms with Crippen LogP contribution in [0.4, 0.5) is 0 Å². The van der Waals surface area contributed by atoms with Crippen molar-refractivity contribution in [3.8, 4) is 0 Å². The number of nitrogens with zero attached hydrogens (tertiary/aromatic N) is 1. The second-order valence-corrected chi connectivity index (χ2v) is 5.79. The lowest BCUT2D eigenvalue weighted by Crippen LogP contribution is -2.49. The average molecular weight is 295 g/mol. The molecule has 120 valence electrons. The minimum Gasteiger partial charge on any atom is -0.499 e. The van der Waals surface area contributed by atoms with Gasteiger partial charge in [0.05, 0.1) is 25.2 Å². The number of ether oxygens (including phenoxy) is 1. The number of hydrogen-bond acceptors (Lipinski definition) is 6. The van der Waals surface area contributed by atoms with Crippen molar-refractivity contribution in [1.82, 2.24) is 21.1 Å². The molecule has 1 fully saturated rings. The summed E-state index contributed by atoms with van der Waals surface area (Å²) in [5.41, 5.74) is 9.71. The summed E-state index contributed by atoms with van der Waals surface area (Å²) in [5, 5.41) is 8.43. The van der Waals surface area contributed by atoms with Crippen molar-refractivity contribution in [3.63, 3.8) is 0 Å². The van der Waals surface area contributed by atoms with Crippen molar-refractivity contribution in [2.75, 3.05) is 20.3 Å². The second-order valence-electron chi connectivity index (χ2n) is 5.79. The number of rotatable bonds is 3. The Bertz CT molecular complexity index is 384. The van der Waals surface area contributed by atoms with Crippen LogP contribution in [0.25, 0.3) is 0 Å². The molecule has 0 amide bonds. The maximum atomic E-state index is 6.17. The highest BCUT2D eigenvalue weighted by molar-refractivity contribution is 5.02. The predicted octanol–water partition coefficient (Wildman–Crippen LogP) is 0.808. The molecule has 2 rings (SSSR count). The van der Waals surface area contributed by atoms with Crippen LogP contribution in [0.2, 0.25) is 0 Å². The van der Waals surface area contributed by atoms with E-state index in [-0.39, 0.29) is 6.17 Å². The Balaban J connectivity index is 2.03. The first-order valence-electron chi connectivity index (χ1n) is 7.83. The van der Waals surface area contributed by atoms with Gasteiger partial charge in [-0.25, -0.2) is 5.43 Å². The lowest BCUT2D eigenvalue weighted by atomic mass is 9.85. The first kappa shape index (κ1) is 16.1. The molecule has 0 saturated carbocycles. The van der Waals surface area contributed by atoms with Gasteiger partial charge in [0.2, 0.25) is 0 Å². The Morgan fingerprint density at radius 2 is 2.33 bits per heavy atom. The molecular weight excluding hydrogens is 266 g/mol. The molecule has 0 aromatic carbocycles. The highest BCUT2D eigenvalue weighted by Gasteiger charge is 2.28. The third-order valence-electron chi connectivity index (χ3n) is 4.20. The van der Waals surface area contributed by atoms with Crippen molar-refractivity contribution in [2.24, 2.45) is 11.7 Å². The Morgan fingerprint density at radius 3 is 3.10 bits per heavy atom. The second kappa shape index (κ2) is 7.68. The normalized spacial score (nSPS) is 31.6. The van der Waals surface area contributed by atoms with Gasteiger partial charge in [0.15, 0.2) is 0 Å². The first-order valence-corrected chi connectivity index (χ1v) is 7.83. The molecule has 3 atom stereocenters. The van der Waals surface area contributed by atoms with Crippen LogP contribution in [0.1, 0.15) is 32.6 Å². The molecule has 1 aliphatic heterocycles. The average Bonchev–Trinajstić information content (AvgIpc) is 2.52. The fourth-order valence-corrected chi connectivity index (χ4v) is 2.99. The number of nitrogens with two attached hydrogens (primary N) is 1. The highest BCUT2D eigenvalue weighted by atomic mass is 16.5. The van der Waals surface area contributed by atoms with Gasteiger partial charge in [0, 0.05) is 19.5 Å². The molecule has 21 heavy (non-hydrogen) atoms. The number of allylic oxidation sites excluding steroid dienone is 2. The maximum absolute atomic E-state index is 6.17. The van der Waals surface area contributed by atoms with Gasteiger partial charge in [-0.1, -0.05) is 6.58 Å². The molecule has 3 unspecified atom stereocenters. The van der Waals surface area contributed by atoms with E-state index < -0.39 is 0 Å². The van der Waals surface area contributed by atoms with Crippen LogP contribution in [0, 0.1) is 5.92 Å². The van der Waals surface area contributed by atoms with E-state index in [1.807, 2.05) is 19.0 Å². The summed E-state index contributed by atoms with van der Waals surface area (Å²) in [4.78, 5) is 0. The third-order valence-corrected chi connectivity index (χ3v) is 4.20. The minimum atomic E-state index is -0.0317. The summed E-state index contributed by atoms with van der Waals surface area (Å²) in [5.74, 6) is 2.49. The number of nitrogens with one attached hydrogen (secondary N) is 3. The molecule has 1 saturated heterocycles. The van der Waals surface area contributed by atoms with E-state index in [0.717, 1.165) is 43.9 Å². The molecular formula is C15H29N5O. The van der Waals surface area contributed by atoms with E-state index in [9.17, 15) is 0 Å². The summed E-state index contributed by atoms with van der Waals surface area (Å²) in [6.07, 6.45) is 6.28. The van der Waals surface area contributed by atoms with E-state index in [1.54, 1.807) is 0 Å². The summed E-state index contributed by atoms with van der Waals surface area (Å²) < 4.78 is 5.70. The van der Waals surface area contributed by atoms with Gasteiger partial charge < -0.3 is 15.8 Å². The van der Waals surface area contributed by atoms with Crippen molar-refractivity contribution >= 4 is 0 Å². The minimum absolute atomic E-state index is 0.0317. The van der Waals surface area contributed by atoms with Gasteiger partial charge in [-0.15, -0.1) is 0 Å². The zero-order valence-electron chi connectivity index (χ0n) is 13.2. The van der Waals surface area contributed by atoms with Crippen LogP contribution in [-0.2, 0) is 4.74 Å².